The van der Waals surface area contributed by atoms with Gasteiger partial charge in [-0.2, -0.15) is 18.4 Å². The Hall–Kier alpha value is -2.22. The highest BCUT2D eigenvalue weighted by Crippen LogP contribution is 2.29. The average Bonchev–Trinajstić information content (AvgIpc) is 2.38. The Morgan fingerprint density at radius 1 is 1.11 bits per heavy atom. The monoisotopic (exact) mass is 265 g/mol. The van der Waals surface area contributed by atoms with E-state index < -0.39 is 18.7 Å². The molecular formula is C14H10F3NO. The highest BCUT2D eigenvalue weighted by atomic mass is 19.4. The maximum absolute atomic E-state index is 12.4. The third-order valence-electron chi connectivity index (χ3n) is 2.71. The topological polar surface area (TPSA) is 33.0 Å². The summed E-state index contributed by atoms with van der Waals surface area (Å²) in [5.74, 6) is -1.77. The molecule has 0 aromatic heterocycles. The second-order valence-corrected chi connectivity index (χ2v) is 4.01. The van der Waals surface area contributed by atoms with Gasteiger partial charge in [0.1, 0.15) is 12.4 Å². The average molecular weight is 265 g/mol. The van der Waals surface area contributed by atoms with Crippen LogP contribution in [0.25, 0.3) is 10.8 Å². The molecule has 19 heavy (non-hydrogen) atoms. The van der Waals surface area contributed by atoms with Crippen LogP contribution >= 0.6 is 0 Å². The van der Waals surface area contributed by atoms with E-state index in [9.17, 15) is 13.2 Å². The van der Waals surface area contributed by atoms with Crippen molar-refractivity contribution in [3.05, 3.63) is 42.5 Å². The number of fused-ring (bicyclic) bond motifs is 1. The molecule has 0 radical (unpaired) electrons. The molecule has 5 heteroatoms. The third-order valence-corrected chi connectivity index (χ3v) is 2.71. The highest BCUT2D eigenvalue weighted by Gasteiger charge is 2.40. The molecule has 0 aliphatic rings. The van der Waals surface area contributed by atoms with Crippen molar-refractivity contribution in [2.24, 2.45) is 5.92 Å². The Morgan fingerprint density at radius 2 is 1.79 bits per heavy atom. The van der Waals surface area contributed by atoms with Crippen LogP contribution in [0.2, 0.25) is 0 Å². The lowest BCUT2D eigenvalue weighted by molar-refractivity contribution is -0.165. The normalized spacial score (nSPS) is 12.9. The third kappa shape index (κ3) is 2.97. The van der Waals surface area contributed by atoms with Gasteiger partial charge >= 0.3 is 6.18 Å². The molecule has 0 heterocycles. The van der Waals surface area contributed by atoms with Crippen LogP contribution in [0.5, 0.6) is 5.75 Å². The van der Waals surface area contributed by atoms with E-state index in [2.05, 4.69) is 0 Å². The summed E-state index contributed by atoms with van der Waals surface area (Å²) >= 11 is 0. The molecule has 1 unspecified atom stereocenters. The summed E-state index contributed by atoms with van der Waals surface area (Å²) in [6.45, 7) is -0.700. The number of hydrogen-bond donors (Lipinski definition) is 0. The summed E-state index contributed by atoms with van der Waals surface area (Å²) in [5, 5.41) is 10.1. The lowest BCUT2D eigenvalue weighted by Crippen LogP contribution is -2.27. The van der Waals surface area contributed by atoms with E-state index in [1.165, 1.54) is 6.07 Å². The molecule has 2 rings (SSSR count). The number of ether oxygens (including phenoxy) is 1. The van der Waals surface area contributed by atoms with Crippen LogP contribution in [-0.2, 0) is 0 Å². The molecule has 0 amide bonds. The maximum atomic E-state index is 12.4. The van der Waals surface area contributed by atoms with Gasteiger partial charge in [0, 0.05) is 5.39 Å². The van der Waals surface area contributed by atoms with Crippen LogP contribution < -0.4 is 4.74 Å². The Labute approximate surface area is 108 Å². The molecule has 0 spiro atoms. The zero-order valence-corrected chi connectivity index (χ0v) is 9.82. The number of alkyl halides is 3. The summed E-state index contributed by atoms with van der Waals surface area (Å²) in [6, 6.07) is 13.6. The Bertz CT molecular complexity index is 611. The van der Waals surface area contributed by atoms with Crippen molar-refractivity contribution in [2.45, 2.75) is 6.18 Å². The molecule has 0 fully saturated rings. The van der Waals surface area contributed by atoms with Gasteiger partial charge < -0.3 is 4.74 Å². The summed E-state index contributed by atoms with van der Waals surface area (Å²) < 4.78 is 42.5. The molecule has 1 atom stereocenters. The van der Waals surface area contributed by atoms with Crippen molar-refractivity contribution in [1.29, 1.82) is 5.26 Å². The molecule has 2 nitrogen and oxygen atoms in total. The fourth-order valence-electron chi connectivity index (χ4n) is 1.70. The van der Waals surface area contributed by atoms with Crippen LogP contribution in [0.3, 0.4) is 0 Å². The van der Waals surface area contributed by atoms with Gasteiger partial charge in [-0.15, -0.1) is 0 Å². The second kappa shape index (κ2) is 5.19. The van der Waals surface area contributed by atoms with E-state index in [0.29, 0.717) is 5.75 Å². The zero-order valence-electron chi connectivity index (χ0n) is 9.82. The van der Waals surface area contributed by atoms with Gasteiger partial charge in [0.25, 0.3) is 0 Å². The minimum Gasteiger partial charge on any atom is -0.491 e. The number of benzene rings is 2. The van der Waals surface area contributed by atoms with E-state index in [1.54, 1.807) is 24.3 Å². The number of hydrogen-bond acceptors (Lipinski definition) is 2. The minimum atomic E-state index is -4.57. The lowest BCUT2D eigenvalue weighted by atomic mass is 10.1. The molecule has 0 aliphatic carbocycles. The fourth-order valence-corrected chi connectivity index (χ4v) is 1.70. The summed E-state index contributed by atoms with van der Waals surface area (Å²) in [7, 11) is 0. The van der Waals surface area contributed by atoms with Crippen LogP contribution in [0.4, 0.5) is 13.2 Å². The van der Waals surface area contributed by atoms with Gasteiger partial charge in [-0.05, 0) is 11.5 Å². The van der Waals surface area contributed by atoms with Crippen LogP contribution in [0.15, 0.2) is 42.5 Å². The first-order valence-electron chi connectivity index (χ1n) is 5.59. The van der Waals surface area contributed by atoms with Crippen molar-refractivity contribution in [1.82, 2.24) is 0 Å². The van der Waals surface area contributed by atoms with Crippen LogP contribution in [0, 0.1) is 17.2 Å². The highest BCUT2D eigenvalue weighted by molar-refractivity contribution is 5.88. The lowest BCUT2D eigenvalue weighted by Gasteiger charge is -2.15. The molecule has 0 saturated carbocycles. The number of halogens is 3. The SMILES string of the molecule is N#CC(COc1cccc2ccccc12)C(F)(F)F. The molecule has 0 saturated heterocycles. The van der Waals surface area contributed by atoms with E-state index in [1.807, 2.05) is 18.2 Å². The van der Waals surface area contributed by atoms with E-state index in [-0.39, 0.29) is 0 Å². The van der Waals surface area contributed by atoms with E-state index >= 15 is 0 Å². The van der Waals surface area contributed by atoms with Gasteiger partial charge in [0.2, 0.25) is 0 Å². The van der Waals surface area contributed by atoms with Crippen molar-refractivity contribution < 1.29 is 17.9 Å². The molecular weight excluding hydrogens is 255 g/mol. The predicted molar refractivity (Wildman–Crippen MR) is 64.6 cm³/mol. The summed E-state index contributed by atoms with van der Waals surface area (Å²) in [4.78, 5) is 0. The van der Waals surface area contributed by atoms with Crippen LogP contribution in [0.1, 0.15) is 0 Å². The van der Waals surface area contributed by atoms with Gasteiger partial charge in [0.05, 0.1) is 6.07 Å². The molecule has 2 aromatic rings. The Morgan fingerprint density at radius 3 is 2.47 bits per heavy atom. The quantitative estimate of drug-likeness (QED) is 0.842. The van der Waals surface area contributed by atoms with E-state index in [0.717, 1.165) is 10.8 Å². The molecule has 0 bridgehead atoms. The first kappa shape index (κ1) is 13.2. The number of nitrogens with zero attached hydrogens (tertiary/aromatic N) is 1. The molecule has 0 N–H and O–H groups in total. The van der Waals surface area contributed by atoms with Crippen molar-refractivity contribution in [3.63, 3.8) is 0 Å². The first-order chi connectivity index (χ1) is 9.02. The maximum Gasteiger partial charge on any atom is 0.407 e. The smallest absolute Gasteiger partial charge is 0.407 e. The zero-order chi connectivity index (χ0) is 13.9. The van der Waals surface area contributed by atoms with Crippen molar-refractivity contribution >= 4 is 10.8 Å². The molecule has 98 valence electrons. The fraction of sp³-hybridized carbons (Fsp3) is 0.214. The van der Waals surface area contributed by atoms with Gasteiger partial charge in [-0.1, -0.05) is 36.4 Å². The Kier molecular flexibility index (Phi) is 3.61. The number of nitriles is 1. The molecule has 0 aliphatic heterocycles. The second-order valence-electron chi connectivity index (χ2n) is 4.01. The van der Waals surface area contributed by atoms with E-state index in [4.69, 9.17) is 10.00 Å². The van der Waals surface area contributed by atoms with Gasteiger partial charge in [-0.25, -0.2) is 0 Å². The molecule has 2 aromatic carbocycles. The largest absolute Gasteiger partial charge is 0.491 e. The van der Waals surface area contributed by atoms with Crippen molar-refractivity contribution in [2.75, 3.05) is 6.61 Å². The predicted octanol–water partition coefficient (Wildman–Crippen LogP) is 3.92. The number of rotatable bonds is 3. The standard InChI is InChI=1S/C14H10F3NO/c15-14(16,17)11(8-18)9-19-13-7-3-5-10-4-1-2-6-12(10)13/h1-7,11H,9H2. The minimum absolute atomic E-state index is 0.350. The first-order valence-corrected chi connectivity index (χ1v) is 5.59. The summed E-state index contributed by atoms with van der Waals surface area (Å²) in [6.07, 6.45) is -4.57. The summed E-state index contributed by atoms with van der Waals surface area (Å²) in [5.41, 5.74) is 0. The van der Waals surface area contributed by atoms with Gasteiger partial charge in [-0.3, -0.25) is 0 Å². The van der Waals surface area contributed by atoms with Gasteiger partial charge in [0.15, 0.2) is 5.92 Å². The van der Waals surface area contributed by atoms with Crippen molar-refractivity contribution in [3.8, 4) is 11.8 Å². The Balaban J connectivity index is 2.21. The van der Waals surface area contributed by atoms with Crippen LogP contribution in [-0.4, -0.2) is 12.8 Å².